The molecule has 0 spiro atoms. The van der Waals surface area contributed by atoms with Crippen molar-refractivity contribution in [1.29, 1.82) is 0 Å². The third kappa shape index (κ3) is 4.55. The van der Waals surface area contributed by atoms with Gasteiger partial charge in [0.2, 0.25) is 0 Å². The standard InChI is InChI=1S/C24H24N4O3S/c1-4-31-17-11-9-16(10-12-17)20-14-32-24(25-20)26-22(29)21-18-7-5-6-8-19(18)23(30)28(27-21)13-15(2)3/h5-12,14-15H,4,13H2,1-3H3,(H,25,26,29). The fraction of sp³-hybridized carbons (Fsp3) is 0.250. The number of anilines is 1. The number of aromatic nitrogens is 3. The molecule has 2 aromatic heterocycles. The van der Waals surface area contributed by atoms with Crippen LogP contribution in [0.25, 0.3) is 22.0 Å². The van der Waals surface area contributed by atoms with Crippen molar-refractivity contribution in [2.24, 2.45) is 5.92 Å². The molecule has 0 atom stereocenters. The fourth-order valence-electron chi connectivity index (χ4n) is 3.38. The molecule has 32 heavy (non-hydrogen) atoms. The molecule has 0 unspecified atom stereocenters. The molecule has 0 radical (unpaired) electrons. The molecule has 1 amide bonds. The van der Waals surface area contributed by atoms with Crippen LogP contribution in [0.3, 0.4) is 0 Å². The molecule has 0 fully saturated rings. The Hall–Kier alpha value is -3.52. The normalized spacial score (nSPS) is 11.1. The second-order valence-corrected chi connectivity index (χ2v) is 8.58. The van der Waals surface area contributed by atoms with E-state index in [9.17, 15) is 9.59 Å². The molecule has 1 N–H and O–H groups in total. The van der Waals surface area contributed by atoms with Gasteiger partial charge in [-0.3, -0.25) is 14.9 Å². The minimum Gasteiger partial charge on any atom is -0.494 e. The molecule has 0 aliphatic carbocycles. The number of carbonyl (C=O) groups is 1. The topological polar surface area (TPSA) is 86.1 Å². The van der Waals surface area contributed by atoms with E-state index >= 15 is 0 Å². The van der Waals surface area contributed by atoms with Crippen molar-refractivity contribution in [3.63, 3.8) is 0 Å². The van der Waals surface area contributed by atoms with E-state index in [4.69, 9.17) is 4.74 Å². The van der Waals surface area contributed by atoms with Crippen LogP contribution in [0.5, 0.6) is 5.75 Å². The van der Waals surface area contributed by atoms with Gasteiger partial charge in [0, 0.05) is 22.9 Å². The smallest absolute Gasteiger partial charge is 0.278 e. The first-order chi connectivity index (χ1) is 15.5. The number of hydrogen-bond donors (Lipinski definition) is 1. The van der Waals surface area contributed by atoms with Crippen molar-refractivity contribution in [2.45, 2.75) is 27.3 Å². The van der Waals surface area contributed by atoms with Crippen LogP contribution in [0.4, 0.5) is 5.13 Å². The van der Waals surface area contributed by atoms with Crippen LogP contribution in [0, 0.1) is 5.92 Å². The zero-order valence-electron chi connectivity index (χ0n) is 18.2. The number of carbonyl (C=O) groups excluding carboxylic acids is 1. The maximum atomic E-state index is 13.1. The highest BCUT2D eigenvalue weighted by Crippen LogP contribution is 2.27. The minimum atomic E-state index is -0.397. The lowest BCUT2D eigenvalue weighted by molar-refractivity contribution is 0.102. The van der Waals surface area contributed by atoms with Gasteiger partial charge in [0.25, 0.3) is 11.5 Å². The SMILES string of the molecule is CCOc1ccc(-c2csc(NC(=O)c3nn(CC(C)C)c(=O)c4ccccc34)n2)cc1. The highest BCUT2D eigenvalue weighted by Gasteiger charge is 2.18. The van der Waals surface area contributed by atoms with Crippen LogP contribution in [0.2, 0.25) is 0 Å². The summed E-state index contributed by atoms with van der Waals surface area (Å²) in [5.41, 5.74) is 1.70. The number of benzene rings is 2. The van der Waals surface area contributed by atoms with Gasteiger partial charge < -0.3 is 4.74 Å². The predicted molar refractivity (Wildman–Crippen MR) is 128 cm³/mol. The Kier molecular flexibility index (Phi) is 6.32. The molecule has 4 aromatic rings. The van der Waals surface area contributed by atoms with Gasteiger partial charge in [-0.2, -0.15) is 5.10 Å². The van der Waals surface area contributed by atoms with Gasteiger partial charge in [-0.05, 0) is 43.2 Å². The first kappa shape index (κ1) is 21.7. The summed E-state index contributed by atoms with van der Waals surface area (Å²) >= 11 is 1.33. The average molecular weight is 449 g/mol. The summed E-state index contributed by atoms with van der Waals surface area (Å²) in [5.74, 6) is 0.619. The van der Waals surface area contributed by atoms with E-state index in [0.29, 0.717) is 29.1 Å². The Morgan fingerprint density at radius 3 is 2.53 bits per heavy atom. The Morgan fingerprint density at radius 2 is 1.84 bits per heavy atom. The number of nitrogens with one attached hydrogen (secondary N) is 1. The summed E-state index contributed by atoms with van der Waals surface area (Å²) in [5, 5.41) is 10.6. The summed E-state index contributed by atoms with van der Waals surface area (Å²) in [4.78, 5) is 30.4. The summed E-state index contributed by atoms with van der Waals surface area (Å²) in [6.45, 7) is 6.99. The number of ether oxygens (including phenoxy) is 1. The zero-order valence-corrected chi connectivity index (χ0v) is 19.0. The number of thiazole rings is 1. The van der Waals surface area contributed by atoms with Crippen molar-refractivity contribution in [2.75, 3.05) is 11.9 Å². The highest BCUT2D eigenvalue weighted by molar-refractivity contribution is 7.14. The number of rotatable bonds is 7. The Labute approximate surface area is 189 Å². The summed E-state index contributed by atoms with van der Waals surface area (Å²) in [6, 6.07) is 14.7. The molecule has 0 aliphatic rings. The van der Waals surface area contributed by atoms with E-state index in [0.717, 1.165) is 17.0 Å². The second kappa shape index (κ2) is 9.32. The zero-order chi connectivity index (χ0) is 22.7. The third-order valence-corrected chi connectivity index (χ3v) is 5.56. The molecule has 0 bridgehead atoms. The van der Waals surface area contributed by atoms with E-state index < -0.39 is 5.91 Å². The molecule has 7 nitrogen and oxygen atoms in total. The molecule has 0 aliphatic heterocycles. The maximum absolute atomic E-state index is 13.1. The number of fused-ring (bicyclic) bond motifs is 1. The molecule has 8 heteroatoms. The molecular weight excluding hydrogens is 424 g/mol. The van der Waals surface area contributed by atoms with Crippen LogP contribution in [-0.2, 0) is 6.54 Å². The number of nitrogens with zero attached hydrogens (tertiary/aromatic N) is 3. The van der Waals surface area contributed by atoms with Gasteiger partial charge >= 0.3 is 0 Å². The summed E-state index contributed by atoms with van der Waals surface area (Å²) in [6.07, 6.45) is 0. The Morgan fingerprint density at radius 1 is 1.12 bits per heavy atom. The Balaban J connectivity index is 1.62. The summed E-state index contributed by atoms with van der Waals surface area (Å²) < 4.78 is 6.84. The lowest BCUT2D eigenvalue weighted by atomic mass is 10.1. The van der Waals surface area contributed by atoms with Crippen LogP contribution in [0.1, 0.15) is 31.3 Å². The van der Waals surface area contributed by atoms with Gasteiger partial charge in [0.1, 0.15) is 5.75 Å². The number of hydrogen-bond acceptors (Lipinski definition) is 6. The van der Waals surface area contributed by atoms with Gasteiger partial charge in [-0.1, -0.05) is 32.0 Å². The molecular formula is C24H24N4O3S. The van der Waals surface area contributed by atoms with Crippen molar-refractivity contribution < 1.29 is 9.53 Å². The highest BCUT2D eigenvalue weighted by atomic mass is 32.1. The maximum Gasteiger partial charge on any atom is 0.278 e. The minimum absolute atomic E-state index is 0.196. The lowest BCUT2D eigenvalue weighted by Crippen LogP contribution is -2.29. The van der Waals surface area contributed by atoms with E-state index in [1.807, 2.05) is 50.4 Å². The van der Waals surface area contributed by atoms with Gasteiger partial charge in [0.15, 0.2) is 10.8 Å². The quantitative estimate of drug-likeness (QED) is 0.438. The largest absolute Gasteiger partial charge is 0.494 e. The summed E-state index contributed by atoms with van der Waals surface area (Å²) in [7, 11) is 0. The molecule has 0 saturated heterocycles. The van der Waals surface area contributed by atoms with Crippen LogP contribution >= 0.6 is 11.3 Å². The fourth-order valence-corrected chi connectivity index (χ4v) is 4.10. The van der Waals surface area contributed by atoms with Gasteiger partial charge in [0.05, 0.1) is 17.7 Å². The molecule has 164 valence electrons. The molecule has 0 saturated carbocycles. The van der Waals surface area contributed by atoms with Crippen LogP contribution in [-0.4, -0.2) is 27.3 Å². The van der Waals surface area contributed by atoms with Crippen molar-refractivity contribution in [3.8, 4) is 17.0 Å². The predicted octanol–water partition coefficient (Wildman–Crippen LogP) is 4.83. The molecule has 4 rings (SSSR count). The van der Waals surface area contributed by atoms with Crippen LogP contribution < -0.4 is 15.6 Å². The third-order valence-electron chi connectivity index (χ3n) is 4.81. The van der Waals surface area contributed by atoms with Gasteiger partial charge in [-0.25, -0.2) is 9.67 Å². The Bertz CT molecular complexity index is 1310. The van der Waals surface area contributed by atoms with E-state index in [-0.39, 0.29) is 17.2 Å². The second-order valence-electron chi connectivity index (χ2n) is 7.72. The monoisotopic (exact) mass is 448 g/mol. The van der Waals surface area contributed by atoms with Crippen molar-refractivity contribution >= 4 is 33.1 Å². The van der Waals surface area contributed by atoms with Crippen molar-refractivity contribution in [3.05, 3.63) is 70.0 Å². The van der Waals surface area contributed by atoms with E-state index in [2.05, 4.69) is 15.4 Å². The molecule has 2 aromatic carbocycles. The average Bonchev–Trinajstić information content (AvgIpc) is 3.24. The lowest BCUT2D eigenvalue weighted by Gasteiger charge is -2.12. The first-order valence-electron chi connectivity index (χ1n) is 10.5. The van der Waals surface area contributed by atoms with Gasteiger partial charge in [-0.15, -0.1) is 11.3 Å². The van der Waals surface area contributed by atoms with E-state index in [1.54, 1.807) is 24.3 Å². The van der Waals surface area contributed by atoms with E-state index in [1.165, 1.54) is 16.0 Å². The number of amides is 1. The van der Waals surface area contributed by atoms with Crippen molar-refractivity contribution in [1.82, 2.24) is 14.8 Å². The molecule has 2 heterocycles. The van der Waals surface area contributed by atoms with Crippen LogP contribution in [0.15, 0.2) is 58.7 Å². The first-order valence-corrected chi connectivity index (χ1v) is 11.3.